The largest absolute Gasteiger partial charge is 0.507 e. The van der Waals surface area contributed by atoms with E-state index in [9.17, 15) is 14.3 Å². The Balaban J connectivity index is 1.66. The Hall–Kier alpha value is -2.66. The van der Waals surface area contributed by atoms with Crippen molar-refractivity contribution in [1.29, 1.82) is 0 Å². The number of fused-ring (bicyclic) bond motifs is 1. The van der Waals surface area contributed by atoms with E-state index in [0.29, 0.717) is 29.0 Å². The number of halogens is 1. The van der Waals surface area contributed by atoms with Gasteiger partial charge in [-0.1, -0.05) is 12.1 Å². The smallest absolute Gasteiger partial charge is 0.231 e. The third-order valence-corrected chi connectivity index (χ3v) is 5.05. The van der Waals surface area contributed by atoms with Gasteiger partial charge in [0, 0.05) is 0 Å². The molecule has 0 aliphatic carbocycles. The monoisotopic (exact) mass is 354 g/mol. The molecule has 0 aromatic heterocycles. The second-order valence-corrected chi connectivity index (χ2v) is 6.92. The molecule has 0 amide bonds. The molecule has 0 unspecified atom stereocenters. The Bertz CT molecular complexity index is 885. The maximum atomic E-state index is 13.4. The molecule has 2 aliphatic rings. The summed E-state index contributed by atoms with van der Waals surface area (Å²) in [6.45, 7) is 2.75. The molecule has 2 N–H and O–H groups in total. The molecule has 4 rings (SSSR count). The minimum Gasteiger partial charge on any atom is -0.507 e. The number of hydrogen-bond donors (Lipinski definition) is 2. The molecule has 0 bridgehead atoms. The number of Topliss-reactive ketones (excluding diaryl/α,β-unsaturated/α-hetero) is 1. The number of carbonyl (C=O) groups excluding carboxylic acids is 1. The maximum absolute atomic E-state index is 13.4. The Morgan fingerprint density at radius 3 is 2.73 bits per heavy atom. The molecule has 5 heteroatoms. The van der Waals surface area contributed by atoms with Crippen molar-refractivity contribution in [2.24, 2.45) is 0 Å². The number of phenols is 1. The Morgan fingerprint density at radius 2 is 1.96 bits per heavy atom. The molecule has 1 saturated heterocycles. The summed E-state index contributed by atoms with van der Waals surface area (Å²) in [7, 11) is 0. The Kier molecular flexibility index (Phi) is 4.47. The Labute approximate surface area is 151 Å². The number of nitrogens with one attached hydrogen (secondary N) is 1. The normalized spacial score (nSPS) is 18.8. The van der Waals surface area contributed by atoms with Crippen LogP contribution in [0, 0.1) is 5.82 Å². The molecule has 0 saturated carbocycles. The summed E-state index contributed by atoms with van der Waals surface area (Å²) < 4.78 is 19.2. The molecule has 0 radical (unpaired) electrons. The predicted molar refractivity (Wildman–Crippen MR) is 95.7 cm³/mol. The zero-order chi connectivity index (χ0) is 18.1. The fourth-order valence-electron chi connectivity index (χ4n) is 3.69. The van der Waals surface area contributed by atoms with E-state index in [0.717, 1.165) is 13.1 Å². The van der Waals surface area contributed by atoms with Crippen molar-refractivity contribution in [3.8, 4) is 11.5 Å². The van der Waals surface area contributed by atoms with Crippen molar-refractivity contribution in [2.45, 2.75) is 25.8 Å². The van der Waals surface area contributed by atoms with Crippen LogP contribution in [0.2, 0.25) is 0 Å². The minimum atomic E-state index is -0.366. The van der Waals surface area contributed by atoms with Gasteiger partial charge in [-0.15, -0.1) is 0 Å². The van der Waals surface area contributed by atoms with Crippen LogP contribution in [0.1, 0.15) is 40.7 Å². The topological polar surface area (TPSA) is 51.0 Å². The lowest BCUT2D eigenvalue weighted by atomic mass is 10.0. The number of ketones is 1. The van der Waals surface area contributed by atoms with E-state index < -0.39 is 0 Å². The van der Waals surface area contributed by atoms with Crippen molar-refractivity contribution < 1.29 is 23.9 Å². The lowest BCUT2D eigenvalue weighted by Gasteiger charge is -2.24. The minimum absolute atomic E-state index is 0.154. The van der Waals surface area contributed by atoms with E-state index in [4.69, 9.17) is 4.74 Å². The summed E-state index contributed by atoms with van der Waals surface area (Å²) in [5.41, 5.74) is 1.70. The van der Waals surface area contributed by atoms with Crippen LogP contribution in [0.4, 0.5) is 4.39 Å². The van der Waals surface area contributed by atoms with Crippen molar-refractivity contribution in [2.75, 3.05) is 13.1 Å². The first-order chi connectivity index (χ1) is 12.6. The Morgan fingerprint density at radius 1 is 1.15 bits per heavy atom. The fraction of sp³-hybridized carbons (Fsp3) is 0.286. The highest BCUT2D eigenvalue weighted by molar-refractivity contribution is 6.14. The molecule has 2 heterocycles. The molecule has 134 valence electrons. The van der Waals surface area contributed by atoms with Gasteiger partial charge in [0.2, 0.25) is 5.78 Å². The first kappa shape index (κ1) is 16.8. The second kappa shape index (κ2) is 6.92. The summed E-state index contributed by atoms with van der Waals surface area (Å²) in [5, 5.41) is 10.3. The third kappa shape index (κ3) is 3.22. The predicted octanol–water partition coefficient (Wildman–Crippen LogP) is 2.72. The van der Waals surface area contributed by atoms with Crippen molar-refractivity contribution in [1.82, 2.24) is 0 Å². The number of phenolic OH excluding ortho intramolecular Hbond substituents is 1. The number of allylic oxidation sites excluding steroid dienone is 1. The lowest BCUT2D eigenvalue weighted by Crippen LogP contribution is -3.11. The number of hydrogen-bond acceptors (Lipinski definition) is 3. The number of quaternary nitrogens is 1. The van der Waals surface area contributed by atoms with Crippen LogP contribution < -0.4 is 9.64 Å². The molecular formula is C21H21FNO3+. The van der Waals surface area contributed by atoms with Crippen LogP contribution in [0.5, 0.6) is 11.5 Å². The molecule has 0 atom stereocenters. The van der Waals surface area contributed by atoms with Gasteiger partial charge in [0.25, 0.3) is 0 Å². The summed E-state index contributed by atoms with van der Waals surface area (Å²) >= 11 is 0. The van der Waals surface area contributed by atoms with Gasteiger partial charge in [0.1, 0.15) is 18.1 Å². The van der Waals surface area contributed by atoms with Crippen molar-refractivity contribution >= 4 is 11.9 Å². The zero-order valence-corrected chi connectivity index (χ0v) is 14.4. The van der Waals surface area contributed by atoms with Crippen molar-refractivity contribution in [3.63, 3.8) is 0 Å². The van der Waals surface area contributed by atoms with Gasteiger partial charge in [-0.2, -0.15) is 0 Å². The second-order valence-electron chi connectivity index (χ2n) is 6.92. The van der Waals surface area contributed by atoms with E-state index in [2.05, 4.69) is 0 Å². The first-order valence-corrected chi connectivity index (χ1v) is 9.00. The average molecular weight is 354 g/mol. The average Bonchev–Trinajstić information content (AvgIpc) is 2.95. The standard InChI is InChI=1S/C21H20FNO3/c22-15-6-4-5-14(11-15)12-19-20(25)16-7-8-18(24)17(21(16)26-19)13-23-9-2-1-3-10-23/h4-8,11-12,24H,1-3,9-10,13H2/p+1/b19-12+. The molecule has 2 aromatic rings. The number of likely N-dealkylation sites (tertiary alicyclic amines) is 1. The molecule has 4 nitrogen and oxygen atoms in total. The highest BCUT2D eigenvalue weighted by Gasteiger charge is 2.32. The van der Waals surface area contributed by atoms with Crippen LogP contribution >= 0.6 is 0 Å². The highest BCUT2D eigenvalue weighted by Crippen LogP contribution is 2.39. The van der Waals surface area contributed by atoms with Gasteiger partial charge in [-0.05, 0) is 55.2 Å². The maximum Gasteiger partial charge on any atom is 0.231 e. The molecule has 26 heavy (non-hydrogen) atoms. The summed E-state index contributed by atoms with van der Waals surface area (Å²) in [6, 6.07) is 9.16. The molecule has 1 fully saturated rings. The van der Waals surface area contributed by atoms with Gasteiger partial charge in [0.05, 0.1) is 24.2 Å². The molecule has 0 spiro atoms. The van der Waals surface area contributed by atoms with E-state index in [1.165, 1.54) is 36.3 Å². The van der Waals surface area contributed by atoms with Crippen LogP contribution in [-0.4, -0.2) is 24.0 Å². The van der Waals surface area contributed by atoms with E-state index >= 15 is 0 Å². The van der Waals surface area contributed by atoms with Crippen LogP contribution in [0.25, 0.3) is 6.08 Å². The highest BCUT2D eigenvalue weighted by atomic mass is 19.1. The van der Waals surface area contributed by atoms with Crippen LogP contribution in [-0.2, 0) is 6.54 Å². The number of benzene rings is 2. The SMILES string of the molecule is O=C1/C(=C\c2cccc(F)c2)Oc2c1ccc(O)c2C[NH+]1CCCCC1. The third-order valence-electron chi connectivity index (χ3n) is 5.05. The first-order valence-electron chi connectivity index (χ1n) is 9.00. The van der Waals surface area contributed by atoms with Gasteiger partial charge in [-0.3, -0.25) is 4.79 Å². The van der Waals surface area contributed by atoms with E-state index in [1.807, 2.05) is 0 Å². The fourth-order valence-corrected chi connectivity index (χ4v) is 3.69. The quantitative estimate of drug-likeness (QED) is 0.834. The number of carbonyl (C=O) groups is 1. The van der Waals surface area contributed by atoms with Crippen LogP contribution in [0.3, 0.4) is 0 Å². The summed E-state index contributed by atoms with van der Waals surface area (Å²) in [4.78, 5) is 14.1. The summed E-state index contributed by atoms with van der Waals surface area (Å²) in [6.07, 6.45) is 5.14. The van der Waals surface area contributed by atoms with Gasteiger partial charge in [-0.25, -0.2) is 4.39 Å². The molecular weight excluding hydrogens is 333 g/mol. The summed E-state index contributed by atoms with van der Waals surface area (Å²) in [5.74, 6) is 0.150. The number of aromatic hydroxyl groups is 1. The number of rotatable bonds is 3. The molecule has 2 aliphatic heterocycles. The van der Waals surface area contributed by atoms with Gasteiger partial charge < -0.3 is 14.7 Å². The van der Waals surface area contributed by atoms with Gasteiger partial charge >= 0.3 is 0 Å². The van der Waals surface area contributed by atoms with E-state index in [-0.39, 0.29) is 23.1 Å². The number of ether oxygens (including phenoxy) is 1. The number of piperidine rings is 1. The van der Waals surface area contributed by atoms with Gasteiger partial charge in [0.15, 0.2) is 11.5 Å². The van der Waals surface area contributed by atoms with E-state index in [1.54, 1.807) is 30.3 Å². The zero-order valence-electron chi connectivity index (χ0n) is 14.4. The molecule has 2 aromatic carbocycles. The van der Waals surface area contributed by atoms with Crippen molar-refractivity contribution in [3.05, 3.63) is 64.7 Å². The lowest BCUT2D eigenvalue weighted by molar-refractivity contribution is -0.918. The van der Waals surface area contributed by atoms with Crippen LogP contribution in [0.15, 0.2) is 42.2 Å².